The molecule has 0 saturated carbocycles. The number of rotatable bonds is 6. The van der Waals surface area contributed by atoms with E-state index in [-0.39, 0.29) is 11.7 Å². The van der Waals surface area contributed by atoms with Crippen molar-refractivity contribution in [2.75, 3.05) is 25.1 Å². The Hall–Kier alpha value is -1.46. The maximum absolute atomic E-state index is 13.7. The molecule has 0 aromatic heterocycles. The number of carbonyl (C=O) groups excluding carboxylic acids is 1. The maximum atomic E-state index is 13.7. The van der Waals surface area contributed by atoms with Crippen LogP contribution >= 0.6 is 15.9 Å². The van der Waals surface area contributed by atoms with Crippen LogP contribution in [-0.2, 0) is 4.74 Å². The molecule has 0 bridgehead atoms. The van der Waals surface area contributed by atoms with Crippen LogP contribution in [0.25, 0.3) is 10.8 Å². The molecule has 5 heteroatoms. The lowest BCUT2D eigenvalue weighted by Gasteiger charge is -2.09. The van der Waals surface area contributed by atoms with Crippen molar-refractivity contribution in [2.24, 2.45) is 0 Å². The van der Waals surface area contributed by atoms with E-state index in [9.17, 15) is 9.18 Å². The molecule has 0 aliphatic carbocycles. The van der Waals surface area contributed by atoms with Crippen LogP contribution in [0.3, 0.4) is 0 Å². The Balaban J connectivity index is 2.09. The van der Waals surface area contributed by atoms with Gasteiger partial charge in [-0.25, -0.2) is 4.39 Å². The Morgan fingerprint density at radius 3 is 2.65 bits per heavy atom. The lowest BCUT2D eigenvalue weighted by atomic mass is 10.0. The van der Waals surface area contributed by atoms with Gasteiger partial charge >= 0.3 is 0 Å². The lowest BCUT2D eigenvalue weighted by molar-refractivity contribution is 0.0925. The number of hydrogen-bond acceptors (Lipinski definition) is 2. The van der Waals surface area contributed by atoms with Gasteiger partial charge in [-0.2, -0.15) is 0 Å². The molecule has 0 aliphatic rings. The number of fused-ring (bicyclic) bond motifs is 1. The first-order valence-corrected chi connectivity index (χ1v) is 7.45. The van der Waals surface area contributed by atoms with Crippen molar-refractivity contribution in [3.8, 4) is 0 Å². The van der Waals surface area contributed by atoms with E-state index in [4.69, 9.17) is 4.74 Å². The summed E-state index contributed by atoms with van der Waals surface area (Å²) in [4.78, 5) is 12.1. The highest BCUT2D eigenvalue weighted by Crippen LogP contribution is 2.21. The van der Waals surface area contributed by atoms with Gasteiger partial charge in [0.25, 0.3) is 5.91 Å². The summed E-state index contributed by atoms with van der Waals surface area (Å²) in [7, 11) is 0. The van der Waals surface area contributed by atoms with Gasteiger partial charge in [0.15, 0.2) is 0 Å². The fourth-order valence-corrected chi connectivity index (χ4v) is 2.18. The van der Waals surface area contributed by atoms with E-state index in [2.05, 4.69) is 21.2 Å². The number of benzene rings is 2. The highest BCUT2D eigenvalue weighted by Gasteiger charge is 2.11. The number of alkyl halides is 1. The average molecular weight is 340 g/mol. The summed E-state index contributed by atoms with van der Waals surface area (Å²) < 4.78 is 18.9. The third-order valence-corrected chi connectivity index (χ3v) is 3.19. The first-order valence-electron chi connectivity index (χ1n) is 6.33. The number of hydrogen-bond donors (Lipinski definition) is 1. The van der Waals surface area contributed by atoms with Crippen molar-refractivity contribution >= 4 is 32.6 Å². The number of carbonyl (C=O) groups is 1. The van der Waals surface area contributed by atoms with Crippen LogP contribution in [0.15, 0.2) is 36.4 Å². The Morgan fingerprint density at radius 1 is 1.15 bits per heavy atom. The summed E-state index contributed by atoms with van der Waals surface area (Å²) in [5.41, 5.74) is 0.475. The zero-order chi connectivity index (χ0) is 14.4. The van der Waals surface area contributed by atoms with E-state index in [1.54, 1.807) is 24.3 Å². The monoisotopic (exact) mass is 339 g/mol. The zero-order valence-corrected chi connectivity index (χ0v) is 12.5. The minimum Gasteiger partial charge on any atom is -0.379 e. The maximum Gasteiger partial charge on any atom is 0.251 e. The van der Waals surface area contributed by atoms with Crippen molar-refractivity contribution < 1.29 is 13.9 Å². The van der Waals surface area contributed by atoms with E-state index in [0.717, 1.165) is 5.33 Å². The van der Waals surface area contributed by atoms with Crippen LogP contribution in [0, 0.1) is 5.82 Å². The fourth-order valence-electron chi connectivity index (χ4n) is 1.95. The molecule has 2 aromatic carbocycles. The van der Waals surface area contributed by atoms with Gasteiger partial charge in [0, 0.05) is 22.8 Å². The third kappa shape index (κ3) is 3.55. The molecular weight excluding hydrogens is 325 g/mol. The summed E-state index contributed by atoms with van der Waals surface area (Å²) in [6.45, 7) is 1.49. The standard InChI is InChI=1S/C15H15BrFNO2/c16-7-9-20-10-8-18-15(19)13-5-6-14(17)12-4-2-1-3-11(12)13/h1-6H,7-10H2,(H,18,19). The minimum atomic E-state index is -0.321. The van der Waals surface area contributed by atoms with Crippen LogP contribution in [0.2, 0.25) is 0 Å². The molecule has 0 fully saturated rings. The predicted octanol–water partition coefficient (Wildman–Crippen LogP) is 3.12. The van der Waals surface area contributed by atoms with E-state index in [1.165, 1.54) is 12.1 Å². The summed E-state index contributed by atoms with van der Waals surface area (Å²) in [6, 6.07) is 9.78. The zero-order valence-electron chi connectivity index (χ0n) is 10.9. The average Bonchev–Trinajstić information content (AvgIpc) is 2.47. The summed E-state index contributed by atoms with van der Waals surface area (Å²) in [6.07, 6.45) is 0. The van der Waals surface area contributed by atoms with Crippen molar-refractivity contribution in [1.29, 1.82) is 0 Å². The second-order valence-corrected chi connectivity index (χ2v) is 4.99. The van der Waals surface area contributed by atoms with Gasteiger partial charge in [0.1, 0.15) is 5.82 Å². The molecule has 0 heterocycles. The van der Waals surface area contributed by atoms with Gasteiger partial charge < -0.3 is 10.1 Å². The topological polar surface area (TPSA) is 38.3 Å². The van der Waals surface area contributed by atoms with Crippen LogP contribution in [0.5, 0.6) is 0 Å². The smallest absolute Gasteiger partial charge is 0.251 e. The molecule has 3 nitrogen and oxygen atoms in total. The number of amides is 1. The number of nitrogens with one attached hydrogen (secondary N) is 1. The van der Waals surface area contributed by atoms with E-state index >= 15 is 0 Å². The Kier molecular flexibility index (Phi) is 5.49. The molecule has 2 aromatic rings. The van der Waals surface area contributed by atoms with Crippen LogP contribution in [0.1, 0.15) is 10.4 Å². The van der Waals surface area contributed by atoms with Crippen LogP contribution in [0.4, 0.5) is 4.39 Å². The highest BCUT2D eigenvalue weighted by atomic mass is 79.9. The first-order chi connectivity index (χ1) is 9.74. The van der Waals surface area contributed by atoms with E-state index < -0.39 is 0 Å². The molecule has 0 aliphatic heterocycles. The second-order valence-electron chi connectivity index (χ2n) is 4.20. The van der Waals surface area contributed by atoms with Gasteiger partial charge in [-0.3, -0.25) is 4.79 Å². The highest BCUT2D eigenvalue weighted by molar-refractivity contribution is 9.09. The van der Waals surface area contributed by atoms with Crippen molar-refractivity contribution in [1.82, 2.24) is 5.32 Å². The van der Waals surface area contributed by atoms with Gasteiger partial charge in [-0.1, -0.05) is 40.2 Å². The largest absolute Gasteiger partial charge is 0.379 e. The first kappa shape index (κ1) is 14.9. The second kappa shape index (κ2) is 7.36. The Labute approximate surface area is 125 Å². The molecule has 1 N–H and O–H groups in total. The quantitative estimate of drug-likeness (QED) is 0.648. The van der Waals surface area contributed by atoms with Crippen molar-refractivity contribution in [3.05, 3.63) is 47.8 Å². The van der Waals surface area contributed by atoms with Gasteiger partial charge in [0.05, 0.1) is 13.2 Å². The summed E-state index contributed by atoms with van der Waals surface area (Å²) in [5, 5.41) is 4.61. The normalized spacial score (nSPS) is 10.7. The predicted molar refractivity (Wildman–Crippen MR) is 80.9 cm³/mol. The molecule has 0 spiro atoms. The van der Waals surface area contributed by atoms with Gasteiger partial charge in [0.2, 0.25) is 0 Å². The third-order valence-electron chi connectivity index (χ3n) is 2.87. The molecule has 2 rings (SSSR count). The van der Waals surface area contributed by atoms with Gasteiger partial charge in [-0.05, 0) is 17.5 Å². The Bertz CT molecular complexity index is 603. The number of halogens is 2. The molecule has 0 unspecified atom stereocenters. The van der Waals surface area contributed by atoms with Gasteiger partial charge in [-0.15, -0.1) is 0 Å². The molecule has 1 amide bonds. The molecule has 20 heavy (non-hydrogen) atoms. The molecule has 0 atom stereocenters. The lowest BCUT2D eigenvalue weighted by Crippen LogP contribution is -2.27. The minimum absolute atomic E-state index is 0.219. The van der Waals surface area contributed by atoms with E-state index in [0.29, 0.717) is 36.1 Å². The molecule has 106 valence electrons. The van der Waals surface area contributed by atoms with Crippen molar-refractivity contribution in [2.45, 2.75) is 0 Å². The van der Waals surface area contributed by atoms with Crippen molar-refractivity contribution in [3.63, 3.8) is 0 Å². The summed E-state index contributed by atoms with van der Waals surface area (Å²) in [5.74, 6) is -0.540. The van der Waals surface area contributed by atoms with Crippen LogP contribution in [-0.4, -0.2) is 31.0 Å². The number of ether oxygens (including phenoxy) is 1. The SMILES string of the molecule is O=C(NCCOCCBr)c1ccc(F)c2ccccc12. The molecule has 0 saturated heterocycles. The molecule has 0 radical (unpaired) electrons. The van der Waals surface area contributed by atoms with E-state index in [1.807, 2.05) is 0 Å². The molecular formula is C15H15BrFNO2. The Morgan fingerprint density at radius 2 is 1.90 bits per heavy atom. The fraction of sp³-hybridized carbons (Fsp3) is 0.267. The summed E-state index contributed by atoms with van der Waals surface area (Å²) >= 11 is 3.25. The van der Waals surface area contributed by atoms with Crippen LogP contribution < -0.4 is 5.32 Å².